The highest BCUT2D eigenvalue weighted by Gasteiger charge is 2.16. The van der Waals surface area contributed by atoms with Crippen LogP contribution in [0.4, 0.5) is 5.13 Å². The van der Waals surface area contributed by atoms with E-state index >= 15 is 0 Å². The van der Waals surface area contributed by atoms with E-state index in [2.05, 4.69) is 36.5 Å². The predicted octanol–water partition coefficient (Wildman–Crippen LogP) is 2.20. The molecule has 0 radical (unpaired) electrons. The molecule has 98 valence electrons. The average Bonchev–Trinajstić information content (AvgIpc) is 2.80. The van der Waals surface area contributed by atoms with Crippen LogP contribution in [0, 0.1) is 0 Å². The van der Waals surface area contributed by atoms with E-state index in [0.717, 1.165) is 29.7 Å². The zero-order valence-electron chi connectivity index (χ0n) is 9.94. The summed E-state index contributed by atoms with van der Waals surface area (Å²) in [4.78, 5) is 21.7. The molecule has 0 aromatic carbocycles. The fraction of sp³-hybridized carbons (Fsp3) is 0.250. The highest BCUT2D eigenvalue weighted by atomic mass is 79.9. The summed E-state index contributed by atoms with van der Waals surface area (Å²) in [6.45, 7) is 1.78. The Labute approximate surface area is 122 Å². The Hall–Kier alpha value is -1.31. The number of rotatable bonds is 2. The zero-order chi connectivity index (χ0) is 13.2. The number of hydrogen-bond donors (Lipinski definition) is 2. The summed E-state index contributed by atoms with van der Waals surface area (Å²) in [5, 5.41) is 6.76. The van der Waals surface area contributed by atoms with Crippen LogP contribution in [0.1, 0.15) is 20.9 Å². The molecule has 3 rings (SSSR count). The number of carbonyl (C=O) groups excluding carboxylic acids is 1. The minimum absolute atomic E-state index is 0.187. The summed E-state index contributed by atoms with van der Waals surface area (Å²) in [6, 6.07) is 1.73. The van der Waals surface area contributed by atoms with Crippen molar-refractivity contribution in [3.8, 4) is 0 Å². The van der Waals surface area contributed by atoms with Crippen LogP contribution in [0.2, 0.25) is 0 Å². The molecule has 0 spiro atoms. The lowest BCUT2D eigenvalue weighted by atomic mass is 10.2. The molecule has 0 saturated heterocycles. The number of aromatic nitrogens is 2. The van der Waals surface area contributed by atoms with E-state index < -0.39 is 0 Å². The van der Waals surface area contributed by atoms with Crippen LogP contribution in [0.25, 0.3) is 0 Å². The predicted molar refractivity (Wildman–Crippen MR) is 77.4 cm³/mol. The molecule has 0 unspecified atom stereocenters. The Morgan fingerprint density at radius 1 is 1.47 bits per heavy atom. The zero-order valence-corrected chi connectivity index (χ0v) is 12.3. The van der Waals surface area contributed by atoms with Gasteiger partial charge in [0.15, 0.2) is 5.13 Å². The van der Waals surface area contributed by atoms with Gasteiger partial charge in [-0.1, -0.05) is 0 Å². The number of nitrogens with zero attached hydrogens (tertiary/aromatic N) is 2. The van der Waals surface area contributed by atoms with Gasteiger partial charge in [-0.05, 0) is 22.0 Å². The van der Waals surface area contributed by atoms with Gasteiger partial charge in [0.05, 0.1) is 11.3 Å². The highest BCUT2D eigenvalue weighted by Crippen LogP contribution is 2.25. The van der Waals surface area contributed by atoms with Crippen LogP contribution in [0.3, 0.4) is 0 Å². The number of amides is 1. The Balaban J connectivity index is 1.77. The fourth-order valence-corrected chi connectivity index (χ4v) is 3.22. The first-order valence-electron chi connectivity index (χ1n) is 5.83. The molecule has 19 heavy (non-hydrogen) atoms. The smallest absolute Gasteiger partial charge is 0.259 e. The number of thiazole rings is 1. The molecule has 1 amide bonds. The van der Waals surface area contributed by atoms with Crippen molar-refractivity contribution in [1.29, 1.82) is 0 Å². The topological polar surface area (TPSA) is 66.9 Å². The third-order valence-corrected chi connectivity index (χ3v) is 4.24. The quantitative estimate of drug-likeness (QED) is 0.880. The number of pyridine rings is 1. The maximum absolute atomic E-state index is 12.1. The van der Waals surface area contributed by atoms with Gasteiger partial charge in [-0.25, -0.2) is 4.98 Å². The van der Waals surface area contributed by atoms with Crippen molar-refractivity contribution in [2.24, 2.45) is 0 Å². The van der Waals surface area contributed by atoms with Gasteiger partial charge in [-0.15, -0.1) is 11.3 Å². The van der Waals surface area contributed by atoms with E-state index in [0.29, 0.717) is 10.7 Å². The van der Waals surface area contributed by atoms with E-state index in [1.807, 2.05) is 0 Å². The van der Waals surface area contributed by atoms with E-state index in [4.69, 9.17) is 0 Å². The second-order valence-corrected chi connectivity index (χ2v) is 6.16. The lowest BCUT2D eigenvalue weighted by Gasteiger charge is -2.09. The van der Waals surface area contributed by atoms with Gasteiger partial charge < -0.3 is 5.32 Å². The first kappa shape index (κ1) is 12.7. The van der Waals surface area contributed by atoms with Crippen molar-refractivity contribution in [3.63, 3.8) is 0 Å². The first-order chi connectivity index (χ1) is 9.22. The normalized spacial score (nSPS) is 13.9. The Morgan fingerprint density at radius 2 is 2.37 bits per heavy atom. The maximum Gasteiger partial charge on any atom is 0.259 e. The molecule has 3 heterocycles. The van der Waals surface area contributed by atoms with Gasteiger partial charge >= 0.3 is 0 Å². The van der Waals surface area contributed by atoms with E-state index in [9.17, 15) is 4.79 Å². The molecule has 0 atom stereocenters. The number of hydrogen-bond acceptors (Lipinski definition) is 5. The summed E-state index contributed by atoms with van der Waals surface area (Å²) in [6.07, 6.45) is 4.10. The summed E-state index contributed by atoms with van der Waals surface area (Å²) in [5.74, 6) is -0.187. The maximum atomic E-state index is 12.1. The van der Waals surface area contributed by atoms with Crippen molar-refractivity contribution in [3.05, 3.63) is 39.1 Å². The van der Waals surface area contributed by atoms with Crippen molar-refractivity contribution in [2.45, 2.75) is 13.0 Å². The van der Waals surface area contributed by atoms with Gasteiger partial charge in [0.2, 0.25) is 0 Å². The minimum Gasteiger partial charge on any atom is -0.311 e. The van der Waals surface area contributed by atoms with E-state index in [-0.39, 0.29) is 5.91 Å². The standard InChI is InChI=1S/C12H11BrN4OS/c13-8-3-7(4-15-5-8)11(18)17-12-16-9-1-2-14-6-10(9)19-12/h3-5,14H,1-2,6H2,(H,16,17,18). The Bertz CT molecular complexity index is 604. The van der Waals surface area contributed by atoms with Crippen molar-refractivity contribution >= 4 is 38.3 Å². The first-order valence-corrected chi connectivity index (χ1v) is 7.44. The molecular formula is C12H11BrN4OS. The van der Waals surface area contributed by atoms with E-state index in [1.54, 1.807) is 12.3 Å². The summed E-state index contributed by atoms with van der Waals surface area (Å²) < 4.78 is 0.780. The SMILES string of the molecule is O=C(Nc1nc2c(s1)CNCC2)c1cncc(Br)c1. The molecule has 2 aromatic heterocycles. The van der Waals surface area contributed by atoms with Gasteiger partial charge in [-0.3, -0.25) is 15.1 Å². The number of halogens is 1. The summed E-state index contributed by atoms with van der Waals surface area (Å²) in [7, 11) is 0. The molecule has 0 fully saturated rings. The van der Waals surface area contributed by atoms with E-state index in [1.165, 1.54) is 22.4 Å². The number of nitrogens with one attached hydrogen (secondary N) is 2. The van der Waals surface area contributed by atoms with Crippen LogP contribution in [0.15, 0.2) is 22.9 Å². The van der Waals surface area contributed by atoms with Crippen LogP contribution in [0.5, 0.6) is 0 Å². The lowest BCUT2D eigenvalue weighted by Crippen LogP contribution is -2.22. The lowest BCUT2D eigenvalue weighted by molar-refractivity contribution is 0.102. The Kier molecular flexibility index (Phi) is 3.58. The van der Waals surface area contributed by atoms with Crippen molar-refractivity contribution < 1.29 is 4.79 Å². The third kappa shape index (κ3) is 2.83. The molecule has 2 N–H and O–H groups in total. The van der Waals surface area contributed by atoms with Gasteiger partial charge in [0, 0.05) is 41.3 Å². The molecule has 7 heteroatoms. The third-order valence-electron chi connectivity index (χ3n) is 2.79. The minimum atomic E-state index is -0.187. The summed E-state index contributed by atoms with van der Waals surface area (Å²) >= 11 is 4.82. The fourth-order valence-electron chi connectivity index (χ4n) is 1.88. The molecule has 1 aliphatic heterocycles. The number of fused-ring (bicyclic) bond motifs is 1. The molecule has 5 nitrogen and oxygen atoms in total. The Morgan fingerprint density at radius 3 is 3.16 bits per heavy atom. The molecular weight excluding hydrogens is 328 g/mol. The second-order valence-electron chi connectivity index (χ2n) is 4.16. The number of anilines is 1. The van der Waals surface area contributed by atoms with Crippen LogP contribution in [-0.2, 0) is 13.0 Å². The van der Waals surface area contributed by atoms with Gasteiger partial charge in [0.1, 0.15) is 0 Å². The molecule has 0 saturated carbocycles. The molecule has 0 aliphatic carbocycles. The van der Waals surface area contributed by atoms with Crippen molar-refractivity contribution in [1.82, 2.24) is 15.3 Å². The van der Waals surface area contributed by atoms with Crippen molar-refractivity contribution in [2.75, 3.05) is 11.9 Å². The van der Waals surface area contributed by atoms with Gasteiger partial charge in [0.25, 0.3) is 5.91 Å². The highest BCUT2D eigenvalue weighted by molar-refractivity contribution is 9.10. The van der Waals surface area contributed by atoms with Crippen LogP contribution in [-0.4, -0.2) is 22.4 Å². The monoisotopic (exact) mass is 338 g/mol. The van der Waals surface area contributed by atoms with Crippen LogP contribution >= 0.6 is 27.3 Å². The molecule has 1 aliphatic rings. The second kappa shape index (κ2) is 5.36. The number of carbonyl (C=O) groups is 1. The summed E-state index contributed by atoms with van der Waals surface area (Å²) in [5.41, 5.74) is 1.60. The van der Waals surface area contributed by atoms with Crippen LogP contribution < -0.4 is 10.6 Å². The molecule has 0 bridgehead atoms. The van der Waals surface area contributed by atoms with Gasteiger partial charge in [-0.2, -0.15) is 0 Å². The average molecular weight is 339 g/mol. The molecule has 2 aromatic rings. The largest absolute Gasteiger partial charge is 0.311 e.